The molecule has 0 spiro atoms. The van der Waals surface area contributed by atoms with Gasteiger partial charge in [-0.3, -0.25) is 4.79 Å². The molecule has 1 heterocycles. The monoisotopic (exact) mass is 197 g/mol. The molecule has 0 saturated heterocycles. The summed E-state index contributed by atoms with van der Waals surface area (Å²) in [6.45, 7) is 4.78. The van der Waals surface area contributed by atoms with Crippen LogP contribution >= 0.6 is 0 Å². The minimum atomic E-state index is -0.493. The Hall–Kier alpha value is -1.43. The quantitative estimate of drug-likeness (QED) is 0.665. The minimum absolute atomic E-state index is 0.185. The molecule has 0 aliphatic heterocycles. The number of hydrogen-bond donors (Lipinski definition) is 2. The summed E-state index contributed by atoms with van der Waals surface area (Å²) in [5.41, 5.74) is 5.39. The Morgan fingerprint density at radius 3 is 3.07 bits per heavy atom. The van der Waals surface area contributed by atoms with Crippen LogP contribution in [-0.4, -0.2) is 26.7 Å². The lowest BCUT2D eigenvalue weighted by molar-refractivity contribution is -0.122. The highest BCUT2D eigenvalue weighted by atomic mass is 16.2. The lowest BCUT2D eigenvalue weighted by Gasteiger charge is -2.07. The van der Waals surface area contributed by atoms with Gasteiger partial charge in [0.05, 0.1) is 12.6 Å². The van der Waals surface area contributed by atoms with Crippen LogP contribution in [0, 0.1) is 0 Å². The van der Waals surface area contributed by atoms with Gasteiger partial charge in [-0.05, 0) is 13.8 Å². The summed E-state index contributed by atoms with van der Waals surface area (Å²) in [5.74, 6) is 0.553. The first-order valence-corrected chi connectivity index (χ1v) is 4.55. The maximum absolute atomic E-state index is 11.1. The molecule has 1 atom stereocenters. The largest absolute Gasteiger partial charge is 0.347 e. The van der Waals surface area contributed by atoms with Crippen molar-refractivity contribution in [1.82, 2.24) is 20.1 Å². The molecule has 0 unspecified atom stereocenters. The predicted octanol–water partition coefficient (Wildman–Crippen LogP) is -0.739. The Kier molecular flexibility index (Phi) is 3.58. The van der Waals surface area contributed by atoms with E-state index in [0.29, 0.717) is 6.54 Å². The Bertz CT molecular complexity index is 306. The molecule has 3 N–H and O–H groups in total. The highest BCUT2D eigenvalue weighted by molar-refractivity contribution is 5.80. The number of hydrogen-bond acceptors (Lipinski definition) is 4. The van der Waals surface area contributed by atoms with Crippen LogP contribution in [-0.2, 0) is 17.9 Å². The van der Waals surface area contributed by atoms with E-state index in [4.69, 9.17) is 5.73 Å². The fourth-order valence-corrected chi connectivity index (χ4v) is 1.01. The molecule has 14 heavy (non-hydrogen) atoms. The van der Waals surface area contributed by atoms with Crippen LogP contribution in [0.1, 0.15) is 19.7 Å². The fourth-order valence-electron chi connectivity index (χ4n) is 1.01. The van der Waals surface area contributed by atoms with Crippen molar-refractivity contribution in [2.75, 3.05) is 0 Å². The first kappa shape index (κ1) is 10.6. The van der Waals surface area contributed by atoms with E-state index >= 15 is 0 Å². The van der Waals surface area contributed by atoms with Crippen molar-refractivity contribution in [3.63, 3.8) is 0 Å². The molecule has 0 aliphatic carbocycles. The summed E-state index contributed by atoms with van der Waals surface area (Å²) >= 11 is 0. The van der Waals surface area contributed by atoms with Crippen molar-refractivity contribution in [3.05, 3.63) is 12.2 Å². The third-order valence-corrected chi connectivity index (χ3v) is 1.87. The van der Waals surface area contributed by atoms with Gasteiger partial charge >= 0.3 is 0 Å². The van der Waals surface area contributed by atoms with Gasteiger partial charge in [0.25, 0.3) is 0 Å². The van der Waals surface area contributed by atoms with Crippen molar-refractivity contribution >= 4 is 5.91 Å². The molecule has 1 aromatic heterocycles. The van der Waals surface area contributed by atoms with Gasteiger partial charge in [0.15, 0.2) is 5.82 Å². The van der Waals surface area contributed by atoms with Crippen molar-refractivity contribution in [3.8, 4) is 0 Å². The summed E-state index contributed by atoms with van der Waals surface area (Å²) in [7, 11) is 0. The fraction of sp³-hybridized carbons (Fsp3) is 0.625. The second-order valence-corrected chi connectivity index (χ2v) is 3.04. The van der Waals surface area contributed by atoms with Gasteiger partial charge in [-0.1, -0.05) is 0 Å². The van der Waals surface area contributed by atoms with Gasteiger partial charge in [-0.2, -0.15) is 0 Å². The molecule has 1 aromatic rings. The molecule has 0 aliphatic rings. The average Bonchev–Trinajstić information content (AvgIpc) is 2.60. The van der Waals surface area contributed by atoms with Gasteiger partial charge in [0.2, 0.25) is 5.91 Å². The van der Waals surface area contributed by atoms with Gasteiger partial charge in [0.1, 0.15) is 6.33 Å². The van der Waals surface area contributed by atoms with Gasteiger partial charge in [-0.15, -0.1) is 10.2 Å². The number of aromatic nitrogens is 3. The van der Waals surface area contributed by atoms with E-state index < -0.39 is 6.04 Å². The Labute approximate surface area is 82.5 Å². The molecule has 0 saturated carbocycles. The molecule has 0 radical (unpaired) electrons. The van der Waals surface area contributed by atoms with Crippen LogP contribution in [0.3, 0.4) is 0 Å². The smallest absolute Gasteiger partial charge is 0.237 e. The zero-order valence-corrected chi connectivity index (χ0v) is 8.40. The lowest BCUT2D eigenvalue weighted by atomic mass is 10.3. The number of nitrogens with two attached hydrogens (primary N) is 1. The first-order chi connectivity index (χ1) is 6.65. The number of carbonyl (C=O) groups excluding carboxylic acids is 1. The highest BCUT2D eigenvalue weighted by Gasteiger charge is 2.08. The summed E-state index contributed by atoms with van der Waals surface area (Å²) in [4.78, 5) is 11.1. The van der Waals surface area contributed by atoms with Crippen LogP contribution in [0.2, 0.25) is 0 Å². The second-order valence-electron chi connectivity index (χ2n) is 3.04. The standard InChI is InChI=1S/C8H15N5O/c1-3-13-5-11-12-7(13)4-10-8(14)6(2)9/h5-6H,3-4,9H2,1-2H3,(H,10,14)/t6-/m1/s1. The molecule has 1 rings (SSSR count). The molecule has 78 valence electrons. The predicted molar refractivity (Wildman–Crippen MR) is 51.2 cm³/mol. The zero-order chi connectivity index (χ0) is 10.6. The second kappa shape index (κ2) is 4.71. The van der Waals surface area contributed by atoms with E-state index in [2.05, 4.69) is 15.5 Å². The number of aryl methyl sites for hydroxylation is 1. The van der Waals surface area contributed by atoms with Crippen LogP contribution in [0.25, 0.3) is 0 Å². The van der Waals surface area contributed by atoms with E-state index in [9.17, 15) is 4.79 Å². The van der Waals surface area contributed by atoms with Crippen molar-refractivity contribution in [2.45, 2.75) is 33.0 Å². The molecular weight excluding hydrogens is 182 g/mol. The normalized spacial score (nSPS) is 12.5. The topological polar surface area (TPSA) is 85.8 Å². The third kappa shape index (κ3) is 2.53. The van der Waals surface area contributed by atoms with E-state index in [1.165, 1.54) is 0 Å². The maximum atomic E-state index is 11.1. The molecule has 6 heteroatoms. The Morgan fingerprint density at radius 2 is 2.50 bits per heavy atom. The molecule has 0 bridgehead atoms. The van der Waals surface area contributed by atoms with Crippen LogP contribution in [0.15, 0.2) is 6.33 Å². The summed E-state index contributed by atoms with van der Waals surface area (Å²) < 4.78 is 1.86. The summed E-state index contributed by atoms with van der Waals surface area (Å²) in [6, 6.07) is -0.493. The summed E-state index contributed by atoms with van der Waals surface area (Å²) in [6.07, 6.45) is 1.63. The number of amides is 1. The van der Waals surface area contributed by atoms with E-state index in [-0.39, 0.29) is 5.91 Å². The van der Waals surface area contributed by atoms with E-state index in [1.807, 2.05) is 11.5 Å². The molecule has 1 amide bonds. The number of carbonyl (C=O) groups is 1. The molecule has 6 nitrogen and oxygen atoms in total. The van der Waals surface area contributed by atoms with Crippen LogP contribution < -0.4 is 11.1 Å². The molecule has 0 fully saturated rings. The SMILES string of the molecule is CCn1cnnc1CNC(=O)[C@@H](C)N. The van der Waals surface area contributed by atoms with Gasteiger partial charge < -0.3 is 15.6 Å². The number of nitrogens with zero attached hydrogens (tertiary/aromatic N) is 3. The number of nitrogens with one attached hydrogen (secondary N) is 1. The number of rotatable bonds is 4. The Balaban J connectivity index is 2.49. The zero-order valence-electron chi connectivity index (χ0n) is 8.40. The highest BCUT2D eigenvalue weighted by Crippen LogP contribution is 1.93. The van der Waals surface area contributed by atoms with Crippen molar-refractivity contribution in [1.29, 1.82) is 0 Å². The van der Waals surface area contributed by atoms with Crippen LogP contribution in [0.4, 0.5) is 0 Å². The van der Waals surface area contributed by atoms with Crippen molar-refractivity contribution in [2.24, 2.45) is 5.73 Å². The van der Waals surface area contributed by atoms with Crippen LogP contribution in [0.5, 0.6) is 0 Å². The minimum Gasteiger partial charge on any atom is -0.347 e. The van der Waals surface area contributed by atoms with E-state index in [1.54, 1.807) is 13.3 Å². The van der Waals surface area contributed by atoms with E-state index in [0.717, 1.165) is 12.4 Å². The maximum Gasteiger partial charge on any atom is 0.237 e. The van der Waals surface area contributed by atoms with Gasteiger partial charge in [-0.25, -0.2) is 0 Å². The third-order valence-electron chi connectivity index (χ3n) is 1.87. The summed E-state index contributed by atoms with van der Waals surface area (Å²) in [5, 5.41) is 10.3. The lowest BCUT2D eigenvalue weighted by Crippen LogP contribution is -2.38. The Morgan fingerprint density at radius 1 is 1.79 bits per heavy atom. The van der Waals surface area contributed by atoms with Crippen molar-refractivity contribution < 1.29 is 4.79 Å². The first-order valence-electron chi connectivity index (χ1n) is 4.55. The van der Waals surface area contributed by atoms with Gasteiger partial charge in [0, 0.05) is 6.54 Å². The molecule has 0 aromatic carbocycles. The molecular formula is C8H15N5O. The average molecular weight is 197 g/mol.